The van der Waals surface area contributed by atoms with Gasteiger partial charge < -0.3 is 14.6 Å². The molecule has 4 rings (SSSR count). The second-order valence-corrected chi connectivity index (χ2v) is 5.72. The van der Waals surface area contributed by atoms with Gasteiger partial charge in [-0.15, -0.1) is 0 Å². The van der Waals surface area contributed by atoms with Gasteiger partial charge in [-0.3, -0.25) is 0 Å². The molecular formula is C15H18O3. The van der Waals surface area contributed by atoms with Crippen LogP contribution in [0, 0.1) is 5.92 Å². The number of ether oxygens (including phenoxy) is 2. The van der Waals surface area contributed by atoms with Crippen molar-refractivity contribution in [2.45, 2.75) is 43.8 Å². The van der Waals surface area contributed by atoms with Crippen molar-refractivity contribution in [1.82, 2.24) is 0 Å². The van der Waals surface area contributed by atoms with Crippen LogP contribution in [0.1, 0.15) is 36.3 Å². The van der Waals surface area contributed by atoms with Crippen molar-refractivity contribution in [1.29, 1.82) is 0 Å². The predicted octanol–water partition coefficient (Wildman–Crippen LogP) is 2.26. The zero-order chi connectivity index (χ0) is 12.3. The maximum atomic E-state index is 10.2. The molecule has 1 N–H and O–H groups in total. The summed E-state index contributed by atoms with van der Waals surface area (Å²) in [6, 6.07) is 4.17. The van der Waals surface area contributed by atoms with Crippen molar-refractivity contribution in [2.24, 2.45) is 5.92 Å². The van der Waals surface area contributed by atoms with Crippen LogP contribution in [0.3, 0.4) is 0 Å². The Balaban J connectivity index is 1.90. The van der Waals surface area contributed by atoms with Crippen LogP contribution in [0.25, 0.3) is 0 Å². The Labute approximate surface area is 107 Å². The van der Waals surface area contributed by atoms with E-state index in [1.807, 2.05) is 6.07 Å². The van der Waals surface area contributed by atoms with E-state index >= 15 is 0 Å². The number of methoxy groups -OCH3 is 1. The minimum absolute atomic E-state index is 0.0471. The van der Waals surface area contributed by atoms with Crippen LogP contribution in [0.2, 0.25) is 0 Å². The molecule has 1 heterocycles. The Hall–Kier alpha value is -1.22. The van der Waals surface area contributed by atoms with Crippen molar-refractivity contribution in [2.75, 3.05) is 7.11 Å². The number of aryl methyl sites for hydroxylation is 1. The highest BCUT2D eigenvalue weighted by atomic mass is 16.5. The molecule has 4 atom stereocenters. The molecule has 0 spiro atoms. The highest BCUT2D eigenvalue weighted by Crippen LogP contribution is 2.56. The molecule has 18 heavy (non-hydrogen) atoms. The van der Waals surface area contributed by atoms with Gasteiger partial charge in [0.25, 0.3) is 0 Å². The fourth-order valence-corrected chi connectivity index (χ4v) is 4.07. The first kappa shape index (κ1) is 10.7. The summed E-state index contributed by atoms with van der Waals surface area (Å²) in [6.07, 6.45) is 4.00. The van der Waals surface area contributed by atoms with Crippen LogP contribution in [-0.2, 0) is 6.42 Å². The van der Waals surface area contributed by atoms with E-state index in [9.17, 15) is 5.11 Å². The minimum Gasteiger partial charge on any atom is -0.493 e. The average Bonchev–Trinajstić information content (AvgIpc) is 2.81. The molecule has 0 aromatic heterocycles. The Morgan fingerprint density at radius 3 is 3.00 bits per heavy atom. The molecule has 1 aliphatic heterocycles. The standard InChI is InChI=1S/C15H18O3/c1-17-11-7-5-9-3-2-8-4-6-10(16)14-12(8)13(9)15(11)18-14/h5,7-8,10,12,14,16H,2-4,6H2,1H3/t8?,10?,12?,14-/m1/s1. The third-order valence-corrected chi connectivity index (χ3v) is 4.92. The Bertz CT molecular complexity index is 497. The van der Waals surface area contributed by atoms with E-state index in [0.717, 1.165) is 30.8 Å². The molecule has 1 aromatic rings. The average molecular weight is 246 g/mol. The minimum atomic E-state index is -0.325. The lowest BCUT2D eigenvalue weighted by Crippen LogP contribution is -2.42. The van der Waals surface area contributed by atoms with Gasteiger partial charge in [-0.25, -0.2) is 0 Å². The molecule has 0 bridgehead atoms. The zero-order valence-corrected chi connectivity index (χ0v) is 10.6. The molecule has 3 nitrogen and oxygen atoms in total. The monoisotopic (exact) mass is 246 g/mol. The Morgan fingerprint density at radius 2 is 2.17 bits per heavy atom. The predicted molar refractivity (Wildman–Crippen MR) is 67.2 cm³/mol. The third-order valence-electron chi connectivity index (χ3n) is 4.92. The molecular weight excluding hydrogens is 228 g/mol. The number of hydrogen-bond acceptors (Lipinski definition) is 3. The lowest BCUT2D eigenvalue weighted by Gasteiger charge is -2.38. The van der Waals surface area contributed by atoms with Crippen LogP contribution < -0.4 is 9.47 Å². The van der Waals surface area contributed by atoms with Crippen LogP contribution in [-0.4, -0.2) is 24.4 Å². The first-order valence-electron chi connectivity index (χ1n) is 6.84. The van der Waals surface area contributed by atoms with Crippen molar-refractivity contribution in [3.05, 3.63) is 23.3 Å². The van der Waals surface area contributed by atoms with Gasteiger partial charge in [0.2, 0.25) is 0 Å². The molecule has 96 valence electrons. The van der Waals surface area contributed by atoms with Crippen LogP contribution in [0.5, 0.6) is 11.5 Å². The molecule has 3 heteroatoms. The quantitative estimate of drug-likeness (QED) is 0.826. The molecule has 0 amide bonds. The van der Waals surface area contributed by atoms with Gasteiger partial charge in [-0.2, -0.15) is 0 Å². The van der Waals surface area contributed by atoms with Crippen LogP contribution >= 0.6 is 0 Å². The summed E-state index contributed by atoms with van der Waals surface area (Å²) in [4.78, 5) is 0. The van der Waals surface area contributed by atoms with Gasteiger partial charge in [-0.1, -0.05) is 6.07 Å². The Morgan fingerprint density at radius 1 is 1.28 bits per heavy atom. The van der Waals surface area contributed by atoms with Gasteiger partial charge in [0, 0.05) is 11.5 Å². The summed E-state index contributed by atoms with van der Waals surface area (Å²) < 4.78 is 11.5. The molecule has 1 saturated carbocycles. The second kappa shape index (κ2) is 3.64. The van der Waals surface area contributed by atoms with Gasteiger partial charge in [0.1, 0.15) is 6.10 Å². The van der Waals surface area contributed by atoms with E-state index in [1.165, 1.54) is 17.5 Å². The largest absolute Gasteiger partial charge is 0.493 e. The van der Waals surface area contributed by atoms with Crippen LogP contribution in [0.15, 0.2) is 12.1 Å². The number of aliphatic hydroxyl groups is 1. The third kappa shape index (κ3) is 1.23. The van der Waals surface area contributed by atoms with Gasteiger partial charge in [0.05, 0.1) is 13.2 Å². The SMILES string of the molecule is COc1ccc2c3c1O[C@@H]1C(O)CCC(CC2)C31. The van der Waals surface area contributed by atoms with E-state index in [-0.39, 0.29) is 12.2 Å². The number of hydrogen-bond donors (Lipinski definition) is 1. The zero-order valence-electron chi connectivity index (χ0n) is 10.6. The van der Waals surface area contributed by atoms with Crippen LogP contribution in [0.4, 0.5) is 0 Å². The summed E-state index contributed by atoms with van der Waals surface area (Å²) >= 11 is 0. The summed E-state index contributed by atoms with van der Waals surface area (Å²) in [5.41, 5.74) is 2.72. The summed E-state index contributed by atoms with van der Waals surface area (Å²) in [5, 5.41) is 10.2. The van der Waals surface area contributed by atoms with Gasteiger partial charge in [0.15, 0.2) is 11.5 Å². The smallest absolute Gasteiger partial charge is 0.165 e. The summed E-state index contributed by atoms with van der Waals surface area (Å²) in [6.45, 7) is 0. The van der Waals surface area contributed by atoms with Crippen molar-refractivity contribution in [3.8, 4) is 11.5 Å². The maximum absolute atomic E-state index is 10.2. The molecule has 0 saturated heterocycles. The topological polar surface area (TPSA) is 38.7 Å². The first-order chi connectivity index (χ1) is 8.79. The van der Waals surface area contributed by atoms with E-state index in [1.54, 1.807) is 7.11 Å². The van der Waals surface area contributed by atoms with Gasteiger partial charge >= 0.3 is 0 Å². The lowest BCUT2D eigenvalue weighted by atomic mass is 9.67. The molecule has 3 unspecified atom stereocenters. The normalized spacial score (nSPS) is 35.9. The number of benzene rings is 1. The number of rotatable bonds is 1. The molecule has 1 fully saturated rings. The highest BCUT2D eigenvalue weighted by Gasteiger charge is 2.50. The van der Waals surface area contributed by atoms with E-state index in [0.29, 0.717) is 11.8 Å². The van der Waals surface area contributed by atoms with Gasteiger partial charge in [-0.05, 0) is 43.2 Å². The summed E-state index contributed by atoms with van der Waals surface area (Å²) in [5.74, 6) is 2.79. The molecule has 3 aliphatic rings. The van der Waals surface area contributed by atoms with E-state index in [4.69, 9.17) is 9.47 Å². The van der Waals surface area contributed by atoms with Crippen molar-refractivity contribution < 1.29 is 14.6 Å². The molecule has 2 aliphatic carbocycles. The molecule has 1 aromatic carbocycles. The maximum Gasteiger partial charge on any atom is 0.165 e. The fraction of sp³-hybridized carbons (Fsp3) is 0.600. The highest BCUT2D eigenvalue weighted by molar-refractivity contribution is 5.57. The lowest BCUT2D eigenvalue weighted by molar-refractivity contribution is -0.0131. The van der Waals surface area contributed by atoms with Crippen molar-refractivity contribution >= 4 is 0 Å². The summed E-state index contributed by atoms with van der Waals surface area (Å²) in [7, 11) is 1.68. The van der Waals surface area contributed by atoms with E-state index in [2.05, 4.69) is 6.07 Å². The van der Waals surface area contributed by atoms with Crippen molar-refractivity contribution in [3.63, 3.8) is 0 Å². The fourth-order valence-electron chi connectivity index (χ4n) is 4.07. The van der Waals surface area contributed by atoms with E-state index < -0.39 is 0 Å². The molecule has 0 radical (unpaired) electrons. The number of aliphatic hydroxyl groups excluding tert-OH is 1. The Kier molecular flexibility index (Phi) is 2.16. The first-order valence-corrected chi connectivity index (χ1v) is 6.84. The second-order valence-electron chi connectivity index (χ2n) is 5.72.